The van der Waals surface area contributed by atoms with Gasteiger partial charge in [-0.15, -0.1) is 0 Å². The summed E-state index contributed by atoms with van der Waals surface area (Å²) in [6, 6.07) is 0.547. The van der Waals surface area contributed by atoms with Crippen molar-refractivity contribution in [2.45, 2.75) is 57.4 Å². The number of alkyl halides is 1. The van der Waals surface area contributed by atoms with E-state index in [4.69, 9.17) is 0 Å². The molecule has 0 aromatic rings. The molecule has 0 spiro atoms. The third kappa shape index (κ3) is 2.79. The second kappa shape index (κ2) is 6.04. The summed E-state index contributed by atoms with van der Waals surface area (Å²) < 4.78 is 0. The first-order valence-electron chi connectivity index (χ1n) is 6.69. The zero-order valence-corrected chi connectivity index (χ0v) is 11.5. The van der Waals surface area contributed by atoms with Crippen molar-refractivity contribution in [1.82, 2.24) is 4.90 Å². The monoisotopic (exact) mass is 287 g/mol. The molecule has 2 saturated carbocycles. The van der Waals surface area contributed by atoms with Gasteiger partial charge in [0.25, 0.3) is 0 Å². The van der Waals surface area contributed by atoms with Crippen molar-refractivity contribution in [2.24, 2.45) is 5.92 Å². The van der Waals surface area contributed by atoms with Crippen LogP contribution in [0.15, 0.2) is 0 Å². The van der Waals surface area contributed by atoms with Crippen molar-refractivity contribution in [2.75, 3.05) is 11.9 Å². The Labute approximate surface area is 107 Å². The number of amides is 1. The van der Waals surface area contributed by atoms with Gasteiger partial charge >= 0.3 is 0 Å². The Hall–Kier alpha value is -0.0500. The standard InChI is InChI=1S/C13H22BrNO/c14-9-10-15(12-7-3-4-8-12)13(16)11-5-1-2-6-11/h11-12H,1-10H2. The maximum absolute atomic E-state index is 12.4. The lowest BCUT2D eigenvalue weighted by Gasteiger charge is -2.30. The molecule has 0 unspecified atom stereocenters. The first kappa shape index (κ1) is 12.4. The van der Waals surface area contributed by atoms with E-state index in [-0.39, 0.29) is 0 Å². The summed E-state index contributed by atoms with van der Waals surface area (Å²) in [5.41, 5.74) is 0. The normalized spacial score (nSPS) is 22.8. The van der Waals surface area contributed by atoms with Crippen LogP contribution in [0.3, 0.4) is 0 Å². The summed E-state index contributed by atoms with van der Waals surface area (Å²) in [4.78, 5) is 14.6. The number of carbonyl (C=O) groups is 1. The Kier molecular flexibility index (Phi) is 4.68. The van der Waals surface area contributed by atoms with Crippen LogP contribution in [-0.4, -0.2) is 28.7 Å². The summed E-state index contributed by atoms with van der Waals surface area (Å²) in [7, 11) is 0. The Bertz CT molecular complexity index is 232. The molecule has 0 bridgehead atoms. The quantitative estimate of drug-likeness (QED) is 0.727. The number of nitrogens with zero attached hydrogens (tertiary/aromatic N) is 1. The van der Waals surface area contributed by atoms with E-state index in [0.717, 1.165) is 24.7 Å². The minimum absolute atomic E-state index is 0.347. The first-order valence-corrected chi connectivity index (χ1v) is 7.81. The van der Waals surface area contributed by atoms with Gasteiger partial charge in [0.05, 0.1) is 0 Å². The molecule has 0 radical (unpaired) electrons. The van der Waals surface area contributed by atoms with Crippen LogP contribution in [0.1, 0.15) is 51.4 Å². The van der Waals surface area contributed by atoms with Gasteiger partial charge in [0.2, 0.25) is 5.91 Å². The molecule has 0 N–H and O–H groups in total. The van der Waals surface area contributed by atoms with Crippen LogP contribution in [0.4, 0.5) is 0 Å². The number of halogens is 1. The van der Waals surface area contributed by atoms with Gasteiger partial charge in [-0.25, -0.2) is 0 Å². The van der Waals surface area contributed by atoms with Crippen molar-refractivity contribution in [3.63, 3.8) is 0 Å². The number of hydrogen-bond acceptors (Lipinski definition) is 1. The van der Waals surface area contributed by atoms with E-state index in [1.54, 1.807) is 0 Å². The van der Waals surface area contributed by atoms with E-state index in [1.807, 2.05) is 0 Å². The molecular weight excluding hydrogens is 266 g/mol. The second-order valence-corrected chi connectivity index (χ2v) is 5.93. The fourth-order valence-corrected chi connectivity index (χ4v) is 3.57. The predicted octanol–water partition coefficient (Wildman–Crippen LogP) is 3.34. The number of carbonyl (C=O) groups excluding carboxylic acids is 1. The van der Waals surface area contributed by atoms with Crippen LogP contribution < -0.4 is 0 Å². The molecule has 0 aromatic carbocycles. The van der Waals surface area contributed by atoms with Gasteiger partial charge in [-0.1, -0.05) is 41.6 Å². The minimum atomic E-state index is 0.347. The SMILES string of the molecule is O=C(C1CCCC1)N(CCBr)C1CCCC1. The van der Waals surface area contributed by atoms with Crippen LogP contribution >= 0.6 is 15.9 Å². The van der Waals surface area contributed by atoms with Gasteiger partial charge in [0.1, 0.15) is 0 Å². The lowest BCUT2D eigenvalue weighted by molar-refractivity contribution is -0.137. The van der Waals surface area contributed by atoms with Gasteiger partial charge in [-0.2, -0.15) is 0 Å². The van der Waals surface area contributed by atoms with Crippen molar-refractivity contribution in [3.8, 4) is 0 Å². The van der Waals surface area contributed by atoms with Crippen LogP contribution in [0.25, 0.3) is 0 Å². The number of rotatable bonds is 4. The van der Waals surface area contributed by atoms with E-state index in [9.17, 15) is 4.79 Å². The molecule has 92 valence electrons. The summed E-state index contributed by atoms with van der Waals surface area (Å²) in [6.45, 7) is 0.903. The molecule has 1 amide bonds. The summed E-state index contributed by atoms with van der Waals surface area (Å²) in [5, 5.41) is 0.919. The predicted molar refractivity (Wildman–Crippen MR) is 69.7 cm³/mol. The van der Waals surface area contributed by atoms with Crippen molar-refractivity contribution in [1.29, 1.82) is 0 Å². The molecule has 0 aliphatic heterocycles. The first-order chi connectivity index (χ1) is 7.83. The summed E-state index contributed by atoms with van der Waals surface area (Å²) in [6.07, 6.45) is 9.83. The molecule has 2 aliphatic rings. The Morgan fingerprint density at radius 3 is 2.19 bits per heavy atom. The Morgan fingerprint density at radius 1 is 1.06 bits per heavy atom. The molecule has 0 saturated heterocycles. The van der Waals surface area contributed by atoms with Gasteiger partial charge < -0.3 is 4.90 Å². The maximum Gasteiger partial charge on any atom is 0.225 e. The second-order valence-electron chi connectivity index (χ2n) is 5.14. The molecule has 2 rings (SSSR count). The molecule has 0 aromatic heterocycles. The molecule has 0 heterocycles. The third-order valence-corrected chi connectivity index (χ3v) is 4.43. The molecular formula is C13H22BrNO. The largest absolute Gasteiger partial charge is 0.339 e. The highest BCUT2D eigenvalue weighted by Crippen LogP contribution is 2.30. The smallest absolute Gasteiger partial charge is 0.225 e. The molecule has 3 heteroatoms. The van der Waals surface area contributed by atoms with Gasteiger partial charge in [0, 0.05) is 23.8 Å². The maximum atomic E-state index is 12.4. The van der Waals surface area contributed by atoms with Crippen LogP contribution in [0.2, 0.25) is 0 Å². The molecule has 2 nitrogen and oxygen atoms in total. The van der Waals surface area contributed by atoms with Crippen molar-refractivity contribution < 1.29 is 4.79 Å². The topological polar surface area (TPSA) is 20.3 Å². The zero-order valence-electron chi connectivity index (χ0n) is 9.96. The van der Waals surface area contributed by atoms with Gasteiger partial charge in [0.15, 0.2) is 0 Å². The molecule has 2 aliphatic carbocycles. The molecule has 0 atom stereocenters. The van der Waals surface area contributed by atoms with Crippen molar-refractivity contribution >= 4 is 21.8 Å². The number of hydrogen-bond donors (Lipinski definition) is 0. The Morgan fingerprint density at radius 2 is 1.62 bits per heavy atom. The van der Waals surface area contributed by atoms with Crippen LogP contribution in [-0.2, 0) is 4.79 Å². The van der Waals surface area contributed by atoms with Crippen LogP contribution in [0, 0.1) is 5.92 Å². The fraction of sp³-hybridized carbons (Fsp3) is 0.923. The molecule has 16 heavy (non-hydrogen) atoms. The summed E-state index contributed by atoms with van der Waals surface area (Å²) in [5.74, 6) is 0.795. The van der Waals surface area contributed by atoms with E-state index < -0.39 is 0 Å². The highest BCUT2D eigenvalue weighted by molar-refractivity contribution is 9.09. The molecule has 2 fully saturated rings. The highest BCUT2D eigenvalue weighted by atomic mass is 79.9. The minimum Gasteiger partial charge on any atom is -0.339 e. The average molecular weight is 288 g/mol. The summed E-state index contributed by atoms with van der Waals surface area (Å²) >= 11 is 3.48. The van der Waals surface area contributed by atoms with E-state index in [2.05, 4.69) is 20.8 Å². The van der Waals surface area contributed by atoms with Crippen molar-refractivity contribution in [3.05, 3.63) is 0 Å². The van der Waals surface area contributed by atoms with Crippen LogP contribution in [0.5, 0.6) is 0 Å². The highest BCUT2D eigenvalue weighted by Gasteiger charge is 2.32. The third-order valence-electron chi connectivity index (χ3n) is 4.08. The lowest BCUT2D eigenvalue weighted by Crippen LogP contribution is -2.43. The van der Waals surface area contributed by atoms with E-state index in [0.29, 0.717) is 17.9 Å². The van der Waals surface area contributed by atoms with E-state index in [1.165, 1.54) is 38.5 Å². The fourth-order valence-electron chi connectivity index (χ4n) is 3.19. The van der Waals surface area contributed by atoms with E-state index >= 15 is 0 Å². The van der Waals surface area contributed by atoms with Gasteiger partial charge in [-0.3, -0.25) is 4.79 Å². The van der Waals surface area contributed by atoms with Gasteiger partial charge in [-0.05, 0) is 25.7 Å². The lowest BCUT2D eigenvalue weighted by atomic mass is 10.0. The Balaban J connectivity index is 1.96. The zero-order chi connectivity index (χ0) is 11.4. The average Bonchev–Trinajstić information content (AvgIpc) is 2.96.